The summed E-state index contributed by atoms with van der Waals surface area (Å²) in [6.07, 6.45) is 4.51. The molecule has 0 fully saturated rings. The van der Waals surface area contributed by atoms with Crippen molar-refractivity contribution in [1.29, 1.82) is 0 Å². The van der Waals surface area contributed by atoms with Crippen LogP contribution < -0.4 is 0 Å². The monoisotopic (exact) mass is 222 g/mol. The van der Waals surface area contributed by atoms with E-state index in [-0.39, 0.29) is 0 Å². The van der Waals surface area contributed by atoms with E-state index < -0.39 is 7.82 Å². The average molecular weight is 222 g/mol. The van der Waals surface area contributed by atoms with Crippen LogP contribution in [0.4, 0.5) is 0 Å². The second-order valence-corrected chi connectivity index (χ2v) is 4.31. The van der Waals surface area contributed by atoms with Crippen LogP contribution in [0.25, 0.3) is 0 Å². The van der Waals surface area contributed by atoms with E-state index in [1.165, 1.54) is 6.26 Å². The molecule has 0 aromatic carbocycles. The molecule has 0 aromatic rings. The van der Waals surface area contributed by atoms with Crippen molar-refractivity contribution in [2.24, 2.45) is 0 Å². The number of phosphoric acid groups is 1. The molecule has 0 aliphatic rings. The molecule has 0 saturated heterocycles. The molecular formula is C9H19O4P. The van der Waals surface area contributed by atoms with Crippen LogP contribution >= 0.6 is 7.82 Å². The van der Waals surface area contributed by atoms with Crippen molar-refractivity contribution in [2.45, 2.75) is 33.6 Å². The lowest BCUT2D eigenvalue weighted by Gasteiger charge is -2.15. The lowest BCUT2D eigenvalue weighted by Crippen LogP contribution is -1.99. The maximum absolute atomic E-state index is 11.8. The Kier molecular flexibility index (Phi) is 7.86. The van der Waals surface area contributed by atoms with Crippen molar-refractivity contribution in [3.63, 3.8) is 0 Å². The molecule has 0 bridgehead atoms. The van der Waals surface area contributed by atoms with Gasteiger partial charge in [0, 0.05) is 0 Å². The standard InChI is InChI=1S/C9H19O4P/c1-4-7-11-14(10,12-8-5-2)13-9-6-3/h4,7H,5-6,8-9H2,1-3H3. The van der Waals surface area contributed by atoms with Gasteiger partial charge < -0.3 is 4.52 Å². The van der Waals surface area contributed by atoms with Gasteiger partial charge in [0.15, 0.2) is 0 Å². The normalized spacial score (nSPS) is 12.2. The van der Waals surface area contributed by atoms with E-state index in [9.17, 15) is 4.57 Å². The molecule has 0 aliphatic carbocycles. The Bertz CT molecular complexity index is 191. The molecule has 0 heterocycles. The predicted octanol–water partition coefficient (Wildman–Crippen LogP) is 3.50. The molecule has 14 heavy (non-hydrogen) atoms. The summed E-state index contributed by atoms with van der Waals surface area (Å²) in [5.74, 6) is 0. The lowest BCUT2D eigenvalue weighted by atomic mass is 10.5. The highest BCUT2D eigenvalue weighted by atomic mass is 31.2. The lowest BCUT2D eigenvalue weighted by molar-refractivity contribution is 0.142. The molecule has 0 saturated carbocycles. The van der Waals surface area contributed by atoms with E-state index in [2.05, 4.69) is 0 Å². The van der Waals surface area contributed by atoms with Crippen LogP contribution in [-0.4, -0.2) is 13.2 Å². The van der Waals surface area contributed by atoms with Gasteiger partial charge in [-0.25, -0.2) is 4.57 Å². The summed E-state index contributed by atoms with van der Waals surface area (Å²) in [6, 6.07) is 0. The minimum Gasteiger partial charge on any atom is -0.412 e. The van der Waals surface area contributed by atoms with Crippen LogP contribution in [0.2, 0.25) is 0 Å². The van der Waals surface area contributed by atoms with Crippen molar-refractivity contribution in [1.82, 2.24) is 0 Å². The van der Waals surface area contributed by atoms with Crippen molar-refractivity contribution in [2.75, 3.05) is 13.2 Å². The van der Waals surface area contributed by atoms with E-state index in [0.717, 1.165) is 12.8 Å². The van der Waals surface area contributed by atoms with Crippen LogP contribution in [0.3, 0.4) is 0 Å². The molecule has 5 heteroatoms. The molecule has 0 amide bonds. The molecular weight excluding hydrogens is 203 g/mol. The Balaban J connectivity index is 4.10. The second-order valence-electron chi connectivity index (χ2n) is 2.69. The zero-order chi connectivity index (χ0) is 10.9. The van der Waals surface area contributed by atoms with E-state index in [0.29, 0.717) is 13.2 Å². The fraction of sp³-hybridized carbons (Fsp3) is 0.778. The summed E-state index contributed by atoms with van der Waals surface area (Å²) in [5.41, 5.74) is 0. The summed E-state index contributed by atoms with van der Waals surface area (Å²) in [6.45, 7) is 6.38. The number of hydrogen-bond acceptors (Lipinski definition) is 4. The van der Waals surface area contributed by atoms with Gasteiger partial charge in [0.2, 0.25) is 0 Å². The third-order valence-electron chi connectivity index (χ3n) is 1.23. The summed E-state index contributed by atoms with van der Waals surface area (Å²) >= 11 is 0. The molecule has 0 radical (unpaired) electrons. The van der Waals surface area contributed by atoms with Crippen molar-refractivity contribution < 1.29 is 18.1 Å². The molecule has 0 atom stereocenters. The summed E-state index contributed by atoms with van der Waals surface area (Å²) in [7, 11) is -3.36. The first kappa shape index (κ1) is 13.7. The molecule has 0 rings (SSSR count). The second kappa shape index (κ2) is 8.04. The number of rotatable bonds is 8. The van der Waals surface area contributed by atoms with Gasteiger partial charge in [0.05, 0.1) is 19.5 Å². The Morgan fingerprint density at radius 2 is 1.64 bits per heavy atom. The van der Waals surface area contributed by atoms with Gasteiger partial charge in [0.1, 0.15) is 0 Å². The topological polar surface area (TPSA) is 44.8 Å². The Labute approximate surface area is 85.9 Å². The first-order chi connectivity index (χ1) is 6.68. The number of allylic oxidation sites excluding steroid dienone is 1. The van der Waals surface area contributed by atoms with Gasteiger partial charge in [-0.15, -0.1) is 0 Å². The first-order valence-corrected chi connectivity index (χ1v) is 6.33. The zero-order valence-electron chi connectivity index (χ0n) is 9.06. The smallest absolute Gasteiger partial charge is 0.412 e. The number of hydrogen-bond donors (Lipinski definition) is 0. The van der Waals surface area contributed by atoms with Crippen molar-refractivity contribution in [3.05, 3.63) is 12.3 Å². The average Bonchev–Trinajstić information content (AvgIpc) is 2.21. The van der Waals surface area contributed by atoms with Crippen molar-refractivity contribution in [3.8, 4) is 0 Å². The molecule has 0 unspecified atom stereocenters. The van der Waals surface area contributed by atoms with E-state index in [1.54, 1.807) is 13.0 Å². The molecule has 84 valence electrons. The van der Waals surface area contributed by atoms with Gasteiger partial charge in [-0.3, -0.25) is 9.05 Å². The minimum absolute atomic E-state index is 0.374. The molecule has 4 nitrogen and oxygen atoms in total. The van der Waals surface area contributed by atoms with Crippen LogP contribution in [0.15, 0.2) is 12.3 Å². The van der Waals surface area contributed by atoms with E-state index >= 15 is 0 Å². The predicted molar refractivity (Wildman–Crippen MR) is 56.0 cm³/mol. The summed E-state index contributed by atoms with van der Waals surface area (Å²) in [5, 5.41) is 0. The maximum atomic E-state index is 11.8. The van der Waals surface area contributed by atoms with Gasteiger partial charge >= 0.3 is 7.82 Å². The Morgan fingerprint density at radius 3 is 2.00 bits per heavy atom. The third-order valence-corrected chi connectivity index (χ3v) is 2.61. The fourth-order valence-corrected chi connectivity index (χ4v) is 1.92. The van der Waals surface area contributed by atoms with E-state index in [1.807, 2.05) is 13.8 Å². The molecule has 0 spiro atoms. The van der Waals surface area contributed by atoms with Crippen LogP contribution in [0, 0.1) is 0 Å². The SMILES string of the molecule is CC=COP(=O)(OCCC)OCCC. The van der Waals surface area contributed by atoms with Gasteiger partial charge in [-0.1, -0.05) is 19.9 Å². The van der Waals surface area contributed by atoms with Crippen LogP contribution in [0.5, 0.6) is 0 Å². The van der Waals surface area contributed by atoms with Crippen molar-refractivity contribution >= 4 is 7.82 Å². The first-order valence-electron chi connectivity index (χ1n) is 4.87. The van der Waals surface area contributed by atoms with Gasteiger partial charge in [-0.2, -0.15) is 0 Å². The molecule has 0 aromatic heterocycles. The zero-order valence-corrected chi connectivity index (χ0v) is 9.96. The summed E-state index contributed by atoms with van der Waals surface area (Å²) in [4.78, 5) is 0. The highest BCUT2D eigenvalue weighted by Gasteiger charge is 2.25. The number of phosphoric ester groups is 1. The highest BCUT2D eigenvalue weighted by Crippen LogP contribution is 2.49. The Morgan fingerprint density at radius 1 is 1.14 bits per heavy atom. The quantitative estimate of drug-likeness (QED) is 0.465. The largest absolute Gasteiger partial charge is 0.529 e. The van der Waals surface area contributed by atoms with Gasteiger partial charge in [0.25, 0.3) is 0 Å². The summed E-state index contributed by atoms with van der Waals surface area (Å²) < 4.78 is 26.8. The third kappa shape index (κ3) is 6.19. The van der Waals surface area contributed by atoms with E-state index in [4.69, 9.17) is 13.6 Å². The van der Waals surface area contributed by atoms with Crippen LogP contribution in [0.1, 0.15) is 33.6 Å². The minimum atomic E-state index is -3.36. The molecule has 0 aliphatic heterocycles. The fourth-order valence-electron chi connectivity index (χ4n) is 0.640. The highest BCUT2D eigenvalue weighted by molar-refractivity contribution is 7.48. The maximum Gasteiger partial charge on any atom is 0.529 e. The molecule has 0 N–H and O–H groups in total. The van der Waals surface area contributed by atoms with Gasteiger partial charge in [-0.05, 0) is 19.8 Å². The van der Waals surface area contributed by atoms with Crippen LogP contribution in [-0.2, 0) is 18.1 Å². The Hall–Kier alpha value is -0.310.